The van der Waals surface area contributed by atoms with E-state index in [-0.39, 0.29) is 24.0 Å². The Morgan fingerprint density at radius 1 is 1.15 bits per heavy atom. The Morgan fingerprint density at radius 3 is 2.82 bits per heavy atom. The highest BCUT2D eigenvalue weighted by molar-refractivity contribution is 7.99. The van der Waals surface area contributed by atoms with Crippen molar-refractivity contribution in [2.75, 3.05) is 17.9 Å². The summed E-state index contributed by atoms with van der Waals surface area (Å²) in [5, 5.41) is 11.9. The minimum Gasteiger partial charge on any atom is -0.454 e. The molecule has 5 rings (SSSR count). The van der Waals surface area contributed by atoms with E-state index in [0.717, 1.165) is 5.56 Å². The Balaban J connectivity index is 1.27. The third kappa shape index (κ3) is 4.21. The van der Waals surface area contributed by atoms with Gasteiger partial charge in [0.05, 0.1) is 5.75 Å². The number of aryl methyl sites for hydroxylation is 2. The first kappa shape index (κ1) is 22.0. The number of pyridine rings is 1. The highest BCUT2D eigenvalue weighted by Gasteiger charge is 2.18. The van der Waals surface area contributed by atoms with Crippen LogP contribution in [0.5, 0.6) is 11.5 Å². The lowest BCUT2D eigenvalue weighted by Gasteiger charge is -2.09. The molecule has 0 saturated carbocycles. The molecule has 1 aliphatic heterocycles. The number of hydrogen-bond donors (Lipinski definition) is 1. The molecule has 0 saturated heterocycles. The highest BCUT2D eigenvalue weighted by Crippen LogP contribution is 2.34. The number of anilines is 1. The fraction of sp³-hybridized carbons (Fsp3) is 0.261. The van der Waals surface area contributed by atoms with Crippen molar-refractivity contribution in [3.05, 3.63) is 69.5 Å². The number of nitrogens with zero attached hydrogens (tertiary/aromatic N) is 5. The van der Waals surface area contributed by atoms with E-state index in [4.69, 9.17) is 9.47 Å². The van der Waals surface area contributed by atoms with Gasteiger partial charge in [-0.05, 0) is 43.7 Å². The second-order valence-electron chi connectivity index (χ2n) is 7.95. The van der Waals surface area contributed by atoms with Crippen LogP contribution in [0.1, 0.15) is 22.6 Å². The van der Waals surface area contributed by atoms with Crippen LogP contribution in [0.2, 0.25) is 0 Å². The molecule has 4 aromatic rings. The summed E-state index contributed by atoms with van der Waals surface area (Å²) in [4.78, 5) is 30.0. The van der Waals surface area contributed by atoms with Gasteiger partial charge in [0.15, 0.2) is 16.7 Å². The lowest BCUT2D eigenvalue weighted by molar-refractivity contribution is -0.113. The molecule has 0 bridgehead atoms. The third-order valence-corrected chi connectivity index (χ3v) is 6.55. The molecule has 0 fully saturated rings. The number of carbonyl (C=O) groups is 1. The number of aromatic nitrogens is 5. The van der Waals surface area contributed by atoms with Crippen LogP contribution in [0, 0.1) is 13.8 Å². The smallest absolute Gasteiger partial charge is 0.261 e. The van der Waals surface area contributed by atoms with E-state index in [1.807, 2.05) is 33.0 Å². The highest BCUT2D eigenvalue weighted by atomic mass is 32.2. The van der Waals surface area contributed by atoms with Crippen molar-refractivity contribution in [1.82, 2.24) is 24.1 Å². The van der Waals surface area contributed by atoms with Gasteiger partial charge in [-0.3, -0.25) is 14.0 Å². The maximum Gasteiger partial charge on any atom is 0.261 e. The number of hydrogen-bond acceptors (Lipinski definition) is 8. The molecule has 34 heavy (non-hydrogen) atoms. The van der Waals surface area contributed by atoms with Crippen molar-refractivity contribution in [2.45, 2.75) is 25.4 Å². The zero-order valence-electron chi connectivity index (χ0n) is 18.9. The number of amides is 1. The van der Waals surface area contributed by atoms with Crippen LogP contribution in [0.4, 0.5) is 5.69 Å². The van der Waals surface area contributed by atoms with E-state index in [9.17, 15) is 9.59 Å². The van der Waals surface area contributed by atoms with Crippen LogP contribution >= 0.6 is 11.8 Å². The maximum absolute atomic E-state index is 13.0. The molecule has 0 radical (unpaired) electrons. The lowest BCUT2D eigenvalue weighted by Crippen LogP contribution is -2.22. The molecule has 1 amide bonds. The normalized spacial score (nSPS) is 12.3. The van der Waals surface area contributed by atoms with E-state index in [1.54, 1.807) is 33.4 Å². The number of thioether (sulfide) groups is 1. The van der Waals surface area contributed by atoms with E-state index in [1.165, 1.54) is 11.8 Å². The second kappa shape index (κ2) is 8.82. The Kier molecular flexibility index (Phi) is 5.70. The van der Waals surface area contributed by atoms with Gasteiger partial charge in [-0.25, -0.2) is 4.98 Å². The SMILES string of the molecule is Cc1ccn2c(=O)c(Cc3nnc(SCC(=O)Nc4ccc5c(c4)OCO5)n3C)c(C)nc2c1. The molecule has 3 aromatic heterocycles. The summed E-state index contributed by atoms with van der Waals surface area (Å²) in [6.07, 6.45) is 2.03. The third-order valence-electron chi connectivity index (χ3n) is 5.53. The summed E-state index contributed by atoms with van der Waals surface area (Å²) in [6, 6.07) is 9.00. The predicted molar refractivity (Wildman–Crippen MR) is 127 cm³/mol. The van der Waals surface area contributed by atoms with Gasteiger partial charge in [0.2, 0.25) is 12.7 Å². The molecule has 10 nitrogen and oxygen atoms in total. The quantitative estimate of drug-likeness (QED) is 0.421. The molecule has 0 spiro atoms. The first-order chi connectivity index (χ1) is 16.4. The fourth-order valence-corrected chi connectivity index (χ4v) is 4.40. The number of carbonyl (C=O) groups excluding carboxylic acids is 1. The number of benzene rings is 1. The van der Waals surface area contributed by atoms with E-state index < -0.39 is 0 Å². The largest absolute Gasteiger partial charge is 0.454 e. The molecule has 11 heteroatoms. The lowest BCUT2D eigenvalue weighted by atomic mass is 10.1. The maximum atomic E-state index is 13.0. The molecular weight excluding hydrogens is 456 g/mol. The van der Waals surface area contributed by atoms with E-state index in [0.29, 0.717) is 51.5 Å². The molecule has 174 valence electrons. The van der Waals surface area contributed by atoms with Crippen molar-refractivity contribution in [3.63, 3.8) is 0 Å². The Hall–Kier alpha value is -3.86. The van der Waals surface area contributed by atoms with Crippen LogP contribution in [0.25, 0.3) is 5.65 Å². The summed E-state index contributed by atoms with van der Waals surface area (Å²) >= 11 is 1.27. The Bertz CT molecular complexity index is 1480. The number of rotatable bonds is 6. The van der Waals surface area contributed by atoms with Crippen LogP contribution in [0.15, 0.2) is 46.5 Å². The first-order valence-electron chi connectivity index (χ1n) is 10.6. The van der Waals surface area contributed by atoms with E-state index in [2.05, 4.69) is 20.5 Å². The number of nitrogens with one attached hydrogen (secondary N) is 1. The van der Waals surface area contributed by atoms with E-state index >= 15 is 0 Å². The van der Waals surface area contributed by atoms with Crippen molar-refractivity contribution in [3.8, 4) is 11.5 Å². The van der Waals surface area contributed by atoms with Crippen LogP contribution in [-0.2, 0) is 18.3 Å². The van der Waals surface area contributed by atoms with Crippen molar-refractivity contribution in [1.29, 1.82) is 0 Å². The molecule has 1 aliphatic rings. The molecule has 1 N–H and O–H groups in total. The monoisotopic (exact) mass is 478 g/mol. The van der Waals surface area contributed by atoms with Gasteiger partial charge in [0, 0.05) is 42.7 Å². The Morgan fingerprint density at radius 2 is 1.97 bits per heavy atom. The zero-order chi connectivity index (χ0) is 23.8. The zero-order valence-corrected chi connectivity index (χ0v) is 19.7. The minimum absolute atomic E-state index is 0.122. The summed E-state index contributed by atoms with van der Waals surface area (Å²) < 4.78 is 14.0. The fourth-order valence-electron chi connectivity index (χ4n) is 3.67. The molecule has 4 heterocycles. The van der Waals surface area contributed by atoms with Gasteiger partial charge in [0.1, 0.15) is 11.5 Å². The van der Waals surface area contributed by atoms with Crippen LogP contribution < -0.4 is 20.3 Å². The van der Waals surface area contributed by atoms with Gasteiger partial charge >= 0.3 is 0 Å². The molecule has 0 aliphatic carbocycles. The average molecular weight is 479 g/mol. The Labute approximate surface area is 198 Å². The summed E-state index contributed by atoms with van der Waals surface area (Å²) in [6.45, 7) is 3.97. The van der Waals surface area contributed by atoms with Gasteiger partial charge < -0.3 is 19.4 Å². The standard InChI is InChI=1S/C23H22N6O4S/c1-13-6-7-29-19(8-13)24-14(2)16(22(29)31)10-20-26-27-23(28(20)3)34-11-21(30)25-15-4-5-17-18(9-15)33-12-32-17/h4-9H,10-12H2,1-3H3,(H,25,30). The summed E-state index contributed by atoms with van der Waals surface area (Å²) in [7, 11) is 1.82. The first-order valence-corrected chi connectivity index (χ1v) is 11.6. The second-order valence-corrected chi connectivity index (χ2v) is 8.90. The molecule has 1 aromatic carbocycles. The van der Waals surface area contributed by atoms with Gasteiger partial charge in [0.25, 0.3) is 5.56 Å². The number of ether oxygens (including phenoxy) is 2. The summed E-state index contributed by atoms with van der Waals surface area (Å²) in [5.74, 6) is 1.85. The van der Waals surface area contributed by atoms with Crippen molar-refractivity contribution >= 4 is 29.0 Å². The van der Waals surface area contributed by atoms with Gasteiger partial charge in [-0.15, -0.1) is 10.2 Å². The van der Waals surface area contributed by atoms with Gasteiger partial charge in [-0.1, -0.05) is 11.8 Å². The van der Waals surface area contributed by atoms with Gasteiger partial charge in [-0.2, -0.15) is 0 Å². The summed E-state index contributed by atoms with van der Waals surface area (Å²) in [5.41, 5.74) is 3.39. The number of fused-ring (bicyclic) bond motifs is 2. The predicted octanol–water partition coefficient (Wildman–Crippen LogP) is 2.49. The topological polar surface area (TPSA) is 113 Å². The average Bonchev–Trinajstić information content (AvgIpc) is 3.41. The van der Waals surface area contributed by atoms with Crippen molar-refractivity contribution in [2.24, 2.45) is 7.05 Å². The van der Waals surface area contributed by atoms with Crippen LogP contribution in [0.3, 0.4) is 0 Å². The van der Waals surface area contributed by atoms with Crippen molar-refractivity contribution < 1.29 is 14.3 Å². The molecule has 0 unspecified atom stereocenters. The minimum atomic E-state index is -0.184. The molecular formula is C23H22N6O4S. The molecule has 0 atom stereocenters. The van der Waals surface area contributed by atoms with Crippen LogP contribution in [-0.4, -0.2) is 42.6 Å².